The van der Waals surface area contributed by atoms with Crippen LogP contribution in [-0.4, -0.2) is 17.2 Å². The van der Waals surface area contributed by atoms with Crippen molar-refractivity contribution in [2.75, 3.05) is 0 Å². The van der Waals surface area contributed by atoms with E-state index in [9.17, 15) is 4.79 Å². The fourth-order valence-corrected chi connectivity index (χ4v) is 2.24. The topological polar surface area (TPSA) is 46.5 Å². The number of benzene rings is 1. The molecule has 0 saturated heterocycles. The van der Waals surface area contributed by atoms with Crippen molar-refractivity contribution in [2.45, 2.75) is 39.2 Å². The minimum atomic E-state index is -0.902. The van der Waals surface area contributed by atoms with Crippen molar-refractivity contribution in [1.29, 1.82) is 0 Å². The van der Waals surface area contributed by atoms with Crippen LogP contribution >= 0.6 is 0 Å². The van der Waals surface area contributed by atoms with E-state index in [2.05, 4.69) is 6.07 Å². The Bertz CT molecular complexity index is 423. The van der Waals surface area contributed by atoms with Crippen LogP contribution in [0.15, 0.2) is 18.2 Å². The molecule has 3 heteroatoms. The van der Waals surface area contributed by atoms with Gasteiger partial charge in [-0.3, -0.25) is 0 Å². The molecule has 92 valence electrons. The number of carbonyl (C=O) groups is 1. The lowest BCUT2D eigenvalue weighted by Gasteiger charge is -2.18. The van der Waals surface area contributed by atoms with Crippen molar-refractivity contribution in [1.82, 2.24) is 0 Å². The van der Waals surface area contributed by atoms with Crippen molar-refractivity contribution < 1.29 is 14.6 Å². The summed E-state index contributed by atoms with van der Waals surface area (Å²) >= 11 is 0. The molecular weight excluding hydrogens is 216 g/mol. The fraction of sp³-hybridized carbons (Fsp3) is 0.500. The van der Waals surface area contributed by atoms with Crippen LogP contribution < -0.4 is 4.74 Å². The number of aryl methyl sites for hydroxylation is 2. The molecule has 0 spiro atoms. The highest BCUT2D eigenvalue weighted by Crippen LogP contribution is 2.27. The van der Waals surface area contributed by atoms with Gasteiger partial charge in [0.05, 0.1) is 0 Å². The van der Waals surface area contributed by atoms with Crippen molar-refractivity contribution in [3.05, 3.63) is 29.3 Å². The number of hydrogen-bond acceptors (Lipinski definition) is 2. The second-order valence-corrected chi connectivity index (χ2v) is 4.90. The third kappa shape index (κ3) is 2.60. The molecule has 1 aliphatic carbocycles. The summed E-state index contributed by atoms with van der Waals surface area (Å²) in [5.74, 6) is -0.270. The van der Waals surface area contributed by atoms with Gasteiger partial charge >= 0.3 is 5.97 Å². The van der Waals surface area contributed by atoms with Gasteiger partial charge in [-0.1, -0.05) is 19.9 Å². The summed E-state index contributed by atoms with van der Waals surface area (Å²) in [7, 11) is 0. The third-order valence-corrected chi connectivity index (χ3v) is 3.18. The molecule has 0 saturated carbocycles. The second kappa shape index (κ2) is 4.78. The van der Waals surface area contributed by atoms with Crippen molar-refractivity contribution in [2.24, 2.45) is 5.92 Å². The van der Waals surface area contributed by atoms with Gasteiger partial charge in [0.15, 0.2) is 6.10 Å². The number of fused-ring (bicyclic) bond motifs is 1. The molecule has 1 aromatic carbocycles. The quantitative estimate of drug-likeness (QED) is 0.871. The van der Waals surface area contributed by atoms with E-state index < -0.39 is 12.1 Å². The molecule has 0 heterocycles. The number of ether oxygens (including phenoxy) is 1. The first-order valence-electron chi connectivity index (χ1n) is 6.09. The van der Waals surface area contributed by atoms with Crippen LogP contribution in [0.3, 0.4) is 0 Å². The molecule has 1 aliphatic rings. The zero-order chi connectivity index (χ0) is 12.4. The van der Waals surface area contributed by atoms with Gasteiger partial charge in [0.1, 0.15) is 5.75 Å². The molecule has 0 aromatic heterocycles. The van der Waals surface area contributed by atoms with Gasteiger partial charge in [-0.2, -0.15) is 0 Å². The van der Waals surface area contributed by atoms with Gasteiger partial charge in [-0.05, 0) is 42.5 Å². The zero-order valence-corrected chi connectivity index (χ0v) is 10.3. The maximum atomic E-state index is 11.1. The number of carboxylic acid groups (broad SMARTS) is 1. The van der Waals surface area contributed by atoms with Crippen LogP contribution in [0.4, 0.5) is 0 Å². The van der Waals surface area contributed by atoms with Crippen LogP contribution in [0.1, 0.15) is 31.4 Å². The third-order valence-electron chi connectivity index (χ3n) is 3.18. The Balaban J connectivity index is 2.15. The van der Waals surface area contributed by atoms with Gasteiger partial charge in [0.25, 0.3) is 0 Å². The van der Waals surface area contributed by atoms with E-state index in [4.69, 9.17) is 9.84 Å². The summed E-state index contributed by atoms with van der Waals surface area (Å²) in [6.45, 7) is 3.71. The van der Waals surface area contributed by atoms with Gasteiger partial charge < -0.3 is 9.84 Å². The molecule has 1 atom stereocenters. The first-order valence-corrected chi connectivity index (χ1v) is 6.09. The summed E-state index contributed by atoms with van der Waals surface area (Å²) in [6, 6.07) is 5.92. The van der Waals surface area contributed by atoms with Crippen LogP contribution in [0.5, 0.6) is 5.75 Å². The number of aliphatic carboxylic acids is 1. The number of carboxylic acids is 1. The predicted octanol–water partition coefficient (Wildman–Crippen LogP) is 2.66. The lowest BCUT2D eigenvalue weighted by atomic mass is 10.1. The summed E-state index contributed by atoms with van der Waals surface area (Å²) in [4.78, 5) is 11.1. The number of hydrogen-bond donors (Lipinski definition) is 1. The van der Waals surface area contributed by atoms with E-state index in [-0.39, 0.29) is 5.92 Å². The van der Waals surface area contributed by atoms with Crippen LogP contribution in [0.2, 0.25) is 0 Å². The highest BCUT2D eigenvalue weighted by molar-refractivity contribution is 5.73. The molecule has 0 fully saturated rings. The van der Waals surface area contributed by atoms with Gasteiger partial charge in [0, 0.05) is 5.92 Å². The first kappa shape index (κ1) is 12.0. The Morgan fingerprint density at radius 1 is 1.29 bits per heavy atom. The Morgan fingerprint density at radius 3 is 2.65 bits per heavy atom. The molecule has 0 bridgehead atoms. The smallest absolute Gasteiger partial charge is 0.345 e. The standard InChI is InChI=1S/C14H18O3/c1-9(2)13(14(15)16)17-12-7-6-10-4-3-5-11(10)8-12/h6-9,13H,3-5H2,1-2H3,(H,15,16). The minimum Gasteiger partial charge on any atom is -0.478 e. The molecule has 0 aliphatic heterocycles. The Labute approximate surface area is 101 Å². The molecule has 2 rings (SSSR count). The van der Waals surface area contributed by atoms with E-state index in [1.165, 1.54) is 17.5 Å². The fourth-order valence-electron chi connectivity index (χ4n) is 2.24. The molecule has 1 N–H and O–H groups in total. The predicted molar refractivity (Wildman–Crippen MR) is 65.4 cm³/mol. The molecule has 1 aromatic rings. The summed E-state index contributed by atoms with van der Waals surface area (Å²) < 4.78 is 5.56. The van der Waals surface area contributed by atoms with Gasteiger partial charge in [-0.25, -0.2) is 4.79 Å². The lowest BCUT2D eigenvalue weighted by molar-refractivity contribution is -0.147. The van der Waals surface area contributed by atoms with Crippen molar-refractivity contribution >= 4 is 5.97 Å². The van der Waals surface area contributed by atoms with Crippen LogP contribution in [0.25, 0.3) is 0 Å². The van der Waals surface area contributed by atoms with Gasteiger partial charge in [0.2, 0.25) is 0 Å². The molecule has 17 heavy (non-hydrogen) atoms. The monoisotopic (exact) mass is 234 g/mol. The first-order chi connectivity index (χ1) is 8.08. The Kier molecular flexibility index (Phi) is 3.36. The van der Waals surface area contributed by atoms with Crippen LogP contribution in [-0.2, 0) is 17.6 Å². The average molecular weight is 234 g/mol. The summed E-state index contributed by atoms with van der Waals surface area (Å²) in [5.41, 5.74) is 2.67. The highest BCUT2D eigenvalue weighted by atomic mass is 16.5. The molecule has 0 radical (unpaired) electrons. The summed E-state index contributed by atoms with van der Waals surface area (Å²) in [5, 5.41) is 9.07. The largest absolute Gasteiger partial charge is 0.478 e. The molecule has 1 unspecified atom stereocenters. The maximum Gasteiger partial charge on any atom is 0.345 e. The minimum absolute atomic E-state index is 0.0410. The van der Waals surface area contributed by atoms with Crippen molar-refractivity contribution in [3.63, 3.8) is 0 Å². The Hall–Kier alpha value is -1.51. The SMILES string of the molecule is CC(C)C(Oc1ccc2c(c1)CCC2)C(=O)O. The Morgan fingerprint density at radius 2 is 2.00 bits per heavy atom. The van der Waals surface area contributed by atoms with E-state index in [1.54, 1.807) is 0 Å². The van der Waals surface area contributed by atoms with Crippen molar-refractivity contribution in [3.8, 4) is 5.75 Å². The van der Waals surface area contributed by atoms with Crippen LogP contribution in [0, 0.1) is 5.92 Å². The second-order valence-electron chi connectivity index (χ2n) is 4.90. The molecule has 3 nitrogen and oxygen atoms in total. The van der Waals surface area contributed by atoms with Gasteiger partial charge in [-0.15, -0.1) is 0 Å². The summed E-state index contributed by atoms with van der Waals surface area (Å²) in [6.07, 6.45) is 2.62. The zero-order valence-electron chi connectivity index (χ0n) is 10.3. The van der Waals surface area contributed by atoms with E-state index in [0.717, 1.165) is 12.8 Å². The molecule has 0 amide bonds. The van der Waals surface area contributed by atoms with E-state index >= 15 is 0 Å². The van der Waals surface area contributed by atoms with E-state index in [1.807, 2.05) is 26.0 Å². The lowest BCUT2D eigenvalue weighted by Crippen LogP contribution is -2.32. The normalized spacial score (nSPS) is 15.7. The average Bonchev–Trinajstić information content (AvgIpc) is 2.71. The highest BCUT2D eigenvalue weighted by Gasteiger charge is 2.24. The molecular formula is C14H18O3. The number of rotatable bonds is 4. The van der Waals surface area contributed by atoms with E-state index in [0.29, 0.717) is 5.75 Å². The maximum absolute atomic E-state index is 11.1.